The largest absolute Gasteiger partial charge is 0.466 e. The summed E-state index contributed by atoms with van der Waals surface area (Å²) in [5.74, 6) is 1.42. The van der Waals surface area contributed by atoms with Crippen molar-refractivity contribution in [3.63, 3.8) is 0 Å². The van der Waals surface area contributed by atoms with E-state index in [0.717, 1.165) is 12.3 Å². The Morgan fingerprint density at radius 2 is 0.939 bits per heavy atom. The van der Waals surface area contributed by atoms with Crippen LogP contribution in [0.15, 0.2) is 0 Å². The van der Waals surface area contributed by atoms with Crippen molar-refractivity contribution in [2.45, 2.75) is 175 Å². The molecule has 0 bridgehead atoms. The maximum atomic E-state index is 12.5. The lowest BCUT2D eigenvalue weighted by Gasteiger charge is -2.16. The number of ether oxygens (including phenoxy) is 1. The molecule has 2 heteroatoms. The first-order chi connectivity index (χ1) is 16.1. The van der Waals surface area contributed by atoms with E-state index in [0.29, 0.717) is 18.9 Å². The minimum absolute atomic E-state index is 0.0605. The van der Waals surface area contributed by atoms with E-state index in [1.807, 2.05) is 0 Å². The summed E-state index contributed by atoms with van der Waals surface area (Å²) in [5.41, 5.74) is 0. The highest BCUT2D eigenvalue weighted by molar-refractivity contribution is 5.69. The number of carbonyl (C=O) groups excluding carboxylic acids is 1. The first-order valence-electron chi connectivity index (χ1n) is 15.3. The summed E-state index contributed by atoms with van der Waals surface area (Å²) in [6, 6.07) is 0. The zero-order chi connectivity index (χ0) is 24.4. The molecule has 2 nitrogen and oxygen atoms in total. The van der Waals surface area contributed by atoms with E-state index < -0.39 is 0 Å². The second-order valence-electron chi connectivity index (χ2n) is 11.1. The van der Waals surface area contributed by atoms with Crippen LogP contribution in [0, 0.1) is 11.8 Å². The molecule has 0 saturated heterocycles. The molecule has 0 aromatic rings. The summed E-state index contributed by atoms with van der Waals surface area (Å²) in [7, 11) is 0. The lowest BCUT2D eigenvalue weighted by molar-refractivity contribution is -0.145. The number of hydrogen-bond acceptors (Lipinski definition) is 2. The average molecular weight is 467 g/mol. The van der Waals surface area contributed by atoms with Crippen LogP contribution >= 0.6 is 0 Å². The molecule has 0 fully saturated rings. The van der Waals surface area contributed by atoms with Crippen molar-refractivity contribution in [1.29, 1.82) is 0 Å². The lowest BCUT2D eigenvalue weighted by Crippen LogP contribution is -2.13. The maximum absolute atomic E-state index is 12.5. The van der Waals surface area contributed by atoms with Crippen molar-refractivity contribution < 1.29 is 9.53 Å². The molecule has 198 valence electrons. The van der Waals surface area contributed by atoms with E-state index in [2.05, 4.69) is 27.7 Å². The summed E-state index contributed by atoms with van der Waals surface area (Å²) >= 11 is 0. The van der Waals surface area contributed by atoms with E-state index >= 15 is 0 Å². The number of rotatable bonds is 26. The number of carbonyl (C=O) groups is 1. The van der Waals surface area contributed by atoms with E-state index in [4.69, 9.17) is 4.74 Å². The van der Waals surface area contributed by atoms with Gasteiger partial charge in [-0.25, -0.2) is 0 Å². The molecule has 0 spiro atoms. The Kier molecular flexibility index (Phi) is 25.7. The molecular weight excluding hydrogens is 404 g/mol. The maximum Gasteiger partial charge on any atom is 0.306 e. The molecule has 0 aliphatic heterocycles. The fraction of sp³-hybridized carbons (Fsp3) is 0.968. The normalized spacial score (nSPS) is 12.4. The first kappa shape index (κ1) is 32.5. The van der Waals surface area contributed by atoms with Gasteiger partial charge in [0.05, 0.1) is 6.61 Å². The second-order valence-corrected chi connectivity index (χ2v) is 11.1. The molecule has 0 rings (SSSR count). The van der Waals surface area contributed by atoms with Gasteiger partial charge in [-0.3, -0.25) is 4.79 Å². The van der Waals surface area contributed by atoms with E-state index in [1.54, 1.807) is 0 Å². The minimum Gasteiger partial charge on any atom is -0.466 e. The third kappa shape index (κ3) is 25.9. The SMILES string of the molecule is CCCCCCCCCCC(CCCCCCCC)CC(=O)OCCCCCCCC(C)C. The van der Waals surface area contributed by atoms with Gasteiger partial charge in [0.1, 0.15) is 0 Å². The highest BCUT2D eigenvalue weighted by Gasteiger charge is 2.15. The Morgan fingerprint density at radius 1 is 0.545 bits per heavy atom. The standard InChI is InChI=1S/C31H62O2/c1-5-7-9-11-13-14-18-22-26-30(25-21-17-12-10-8-6-2)28-31(32)33-27-23-19-15-16-20-24-29(3)4/h29-30H,5-28H2,1-4H3. The lowest BCUT2D eigenvalue weighted by atomic mass is 9.91. The molecule has 0 radical (unpaired) electrons. The number of hydrogen-bond donors (Lipinski definition) is 0. The molecule has 0 saturated carbocycles. The van der Waals surface area contributed by atoms with Gasteiger partial charge in [0.15, 0.2) is 0 Å². The van der Waals surface area contributed by atoms with Gasteiger partial charge in [0.25, 0.3) is 0 Å². The highest BCUT2D eigenvalue weighted by Crippen LogP contribution is 2.23. The Labute approximate surface area is 209 Å². The van der Waals surface area contributed by atoms with Crippen molar-refractivity contribution >= 4 is 5.97 Å². The monoisotopic (exact) mass is 466 g/mol. The summed E-state index contributed by atoms with van der Waals surface area (Å²) < 4.78 is 5.62. The van der Waals surface area contributed by atoms with E-state index in [1.165, 1.54) is 135 Å². The first-order valence-corrected chi connectivity index (χ1v) is 15.3. The summed E-state index contributed by atoms with van der Waals surface area (Å²) in [6.45, 7) is 9.79. The van der Waals surface area contributed by atoms with Crippen LogP contribution in [0.4, 0.5) is 0 Å². The van der Waals surface area contributed by atoms with Gasteiger partial charge in [-0.1, -0.05) is 150 Å². The van der Waals surface area contributed by atoms with Crippen molar-refractivity contribution in [3.05, 3.63) is 0 Å². The van der Waals surface area contributed by atoms with Crippen molar-refractivity contribution in [2.75, 3.05) is 6.61 Å². The molecule has 0 aromatic carbocycles. The Hall–Kier alpha value is -0.530. The summed E-state index contributed by atoms with van der Waals surface area (Å²) in [4.78, 5) is 12.5. The number of unbranched alkanes of at least 4 members (excludes halogenated alkanes) is 16. The second kappa shape index (κ2) is 26.1. The van der Waals surface area contributed by atoms with Crippen molar-refractivity contribution in [1.82, 2.24) is 0 Å². The van der Waals surface area contributed by atoms with E-state index in [9.17, 15) is 4.79 Å². The molecule has 33 heavy (non-hydrogen) atoms. The average Bonchev–Trinajstić information content (AvgIpc) is 2.79. The number of esters is 1. The van der Waals surface area contributed by atoms with Crippen LogP contribution in [0.1, 0.15) is 175 Å². The zero-order valence-electron chi connectivity index (χ0n) is 23.4. The van der Waals surface area contributed by atoms with E-state index in [-0.39, 0.29) is 5.97 Å². The van der Waals surface area contributed by atoms with Gasteiger partial charge >= 0.3 is 5.97 Å². The predicted molar refractivity (Wildman–Crippen MR) is 147 cm³/mol. The molecule has 0 heterocycles. The smallest absolute Gasteiger partial charge is 0.306 e. The highest BCUT2D eigenvalue weighted by atomic mass is 16.5. The molecule has 0 N–H and O–H groups in total. The fourth-order valence-electron chi connectivity index (χ4n) is 4.79. The summed E-state index contributed by atoms with van der Waals surface area (Å²) in [5, 5.41) is 0. The molecule has 1 atom stereocenters. The third-order valence-electron chi connectivity index (χ3n) is 7.08. The quantitative estimate of drug-likeness (QED) is 0.0935. The van der Waals surface area contributed by atoms with Gasteiger partial charge in [-0.15, -0.1) is 0 Å². The molecule has 1 unspecified atom stereocenters. The van der Waals surface area contributed by atoms with Crippen LogP contribution in [0.5, 0.6) is 0 Å². The summed E-state index contributed by atoms with van der Waals surface area (Å²) in [6.07, 6.45) is 29.6. The zero-order valence-corrected chi connectivity index (χ0v) is 23.4. The van der Waals surface area contributed by atoms with Crippen LogP contribution in [0.3, 0.4) is 0 Å². The molecule has 0 aliphatic carbocycles. The van der Waals surface area contributed by atoms with Gasteiger partial charge in [-0.2, -0.15) is 0 Å². The molecular formula is C31H62O2. The third-order valence-corrected chi connectivity index (χ3v) is 7.08. The fourth-order valence-corrected chi connectivity index (χ4v) is 4.79. The molecule has 0 aliphatic rings. The Morgan fingerprint density at radius 3 is 1.39 bits per heavy atom. The Bertz CT molecular complexity index is 390. The van der Waals surface area contributed by atoms with Gasteiger partial charge < -0.3 is 4.74 Å². The van der Waals surface area contributed by atoms with Crippen LogP contribution in [0.2, 0.25) is 0 Å². The van der Waals surface area contributed by atoms with Gasteiger partial charge in [0, 0.05) is 6.42 Å². The van der Waals surface area contributed by atoms with Crippen LogP contribution in [0.25, 0.3) is 0 Å². The van der Waals surface area contributed by atoms with Gasteiger partial charge in [-0.05, 0) is 31.1 Å². The van der Waals surface area contributed by atoms with Crippen LogP contribution in [-0.4, -0.2) is 12.6 Å². The molecule has 0 amide bonds. The van der Waals surface area contributed by atoms with Gasteiger partial charge in [0.2, 0.25) is 0 Å². The Balaban J connectivity index is 3.99. The van der Waals surface area contributed by atoms with Crippen molar-refractivity contribution in [3.8, 4) is 0 Å². The van der Waals surface area contributed by atoms with Crippen LogP contribution in [-0.2, 0) is 9.53 Å². The van der Waals surface area contributed by atoms with Crippen molar-refractivity contribution in [2.24, 2.45) is 11.8 Å². The minimum atomic E-state index is 0.0605. The predicted octanol–water partition coefficient (Wildman–Crippen LogP) is 10.8. The molecule has 0 aromatic heterocycles. The topological polar surface area (TPSA) is 26.3 Å². The van der Waals surface area contributed by atoms with Crippen LogP contribution < -0.4 is 0 Å².